The summed E-state index contributed by atoms with van der Waals surface area (Å²) in [6.07, 6.45) is 8.21. The van der Waals surface area contributed by atoms with Gasteiger partial charge in [-0.3, -0.25) is 4.90 Å². The van der Waals surface area contributed by atoms with Gasteiger partial charge in [-0.2, -0.15) is 0 Å². The first-order chi connectivity index (χ1) is 9.81. The molecule has 2 fully saturated rings. The molecule has 1 saturated carbocycles. The molecule has 1 heterocycles. The summed E-state index contributed by atoms with van der Waals surface area (Å²) in [6.45, 7) is 16.9. The molecule has 0 radical (unpaired) electrons. The maximum atomic E-state index is 3.80. The Morgan fingerprint density at radius 3 is 2.43 bits per heavy atom. The Balaban J connectivity index is 2.15. The molecule has 2 aliphatic rings. The fraction of sp³-hybridized carbons (Fsp3) is 1.00. The topological polar surface area (TPSA) is 15.3 Å². The zero-order valence-corrected chi connectivity index (χ0v) is 15.3. The van der Waals surface area contributed by atoms with Crippen LogP contribution in [0.3, 0.4) is 0 Å². The molecule has 2 rings (SSSR count). The molecule has 0 aromatic rings. The van der Waals surface area contributed by atoms with Crippen molar-refractivity contribution in [2.24, 2.45) is 11.3 Å². The quantitative estimate of drug-likeness (QED) is 0.806. The van der Waals surface area contributed by atoms with Gasteiger partial charge in [-0.15, -0.1) is 0 Å². The lowest BCUT2D eigenvalue weighted by Crippen LogP contribution is -2.58. The number of likely N-dealkylation sites (tertiary alicyclic amines) is 1. The molecule has 21 heavy (non-hydrogen) atoms. The molecule has 0 spiro atoms. The summed E-state index contributed by atoms with van der Waals surface area (Å²) in [5, 5.41) is 3.80. The van der Waals surface area contributed by atoms with Crippen LogP contribution in [0.5, 0.6) is 0 Å². The van der Waals surface area contributed by atoms with E-state index in [9.17, 15) is 0 Å². The zero-order chi connectivity index (χ0) is 15.7. The van der Waals surface area contributed by atoms with Gasteiger partial charge < -0.3 is 5.32 Å². The van der Waals surface area contributed by atoms with Gasteiger partial charge in [0.15, 0.2) is 0 Å². The van der Waals surface area contributed by atoms with Crippen molar-refractivity contribution in [2.75, 3.05) is 13.1 Å². The summed E-state index contributed by atoms with van der Waals surface area (Å²) in [7, 11) is 0. The summed E-state index contributed by atoms with van der Waals surface area (Å²) in [5.41, 5.74) is 0.899. The molecular formula is C19H38N2. The Hall–Kier alpha value is -0.0800. The highest BCUT2D eigenvalue weighted by Gasteiger charge is 2.44. The maximum Gasteiger partial charge on any atom is 0.0257 e. The van der Waals surface area contributed by atoms with Crippen LogP contribution in [-0.2, 0) is 0 Å². The van der Waals surface area contributed by atoms with Crippen molar-refractivity contribution in [3.05, 3.63) is 0 Å². The highest BCUT2D eigenvalue weighted by atomic mass is 15.3. The molecule has 3 unspecified atom stereocenters. The second kappa shape index (κ2) is 6.58. The van der Waals surface area contributed by atoms with Crippen LogP contribution < -0.4 is 5.32 Å². The Kier molecular flexibility index (Phi) is 5.41. The Morgan fingerprint density at radius 1 is 1.19 bits per heavy atom. The maximum absolute atomic E-state index is 3.80. The fourth-order valence-electron chi connectivity index (χ4n) is 4.73. The molecule has 1 aliphatic carbocycles. The van der Waals surface area contributed by atoms with Crippen molar-refractivity contribution < 1.29 is 0 Å². The van der Waals surface area contributed by atoms with Gasteiger partial charge in [-0.25, -0.2) is 0 Å². The first-order valence-electron chi connectivity index (χ1n) is 9.32. The normalized spacial score (nSPS) is 34.3. The third-order valence-corrected chi connectivity index (χ3v) is 6.66. The van der Waals surface area contributed by atoms with Crippen molar-refractivity contribution >= 4 is 0 Å². The van der Waals surface area contributed by atoms with Gasteiger partial charge in [-0.1, -0.05) is 34.1 Å². The van der Waals surface area contributed by atoms with Gasteiger partial charge in [0.2, 0.25) is 0 Å². The monoisotopic (exact) mass is 294 g/mol. The second-order valence-electron chi connectivity index (χ2n) is 8.69. The summed E-state index contributed by atoms with van der Waals surface area (Å²) < 4.78 is 0. The Labute approximate surface area is 133 Å². The van der Waals surface area contributed by atoms with E-state index in [-0.39, 0.29) is 0 Å². The van der Waals surface area contributed by atoms with Gasteiger partial charge in [0.25, 0.3) is 0 Å². The minimum absolute atomic E-state index is 0.399. The average molecular weight is 295 g/mol. The number of likely N-dealkylation sites (N-methyl/N-ethyl adjacent to an activating group) is 1. The van der Waals surface area contributed by atoms with Crippen LogP contribution in [0.2, 0.25) is 0 Å². The van der Waals surface area contributed by atoms with Gasteiger partial charge >= 0.3 is 0 Å². The standard InChI is InChI=1S/C19H38N2/c1-7-18(3,4)15-10-11-16(20-8-2)17(14-15)21-13-9-12-19(21,5)6/h15-17,20H,7-14H2,1-6H3. The van der Waals surface area contributed by atoms with Crippen molar-refractivity contribution in [1.29, 1.82) is 0 Å². The highest BCUT2D eigenvalue weighted by Crippen LogP contribution is 2.44. The zero-order valence-electron chi connectivity index (χ0n) is 15.3. The SMILES string of the molecule is CCNC1CCC(C(C)(C)CC)CC1N1CCCC1(C)C. The highest BCUT2D eigenvalue weighted by molar-refractivity contribution is 5.00. The van der Waals surface area contributed by atoms with Crippen molar-refractivity contribution in [3.63, 3.8) is 0 Å². The van der Waals surface area contributed by atoms with E-state index in [1.54, 1.807) is 0 Å². The van der Waals surface area contributed by atoms with Gasteiger partial charge in [0.05, 0.1) is 0 Å². The van der Waals surface area contributed by atoms with E-state index in [1.807, 2.05) is 0 Å². The second-order valence-corrected chi connectivity index (χ2v) is 8.69. The van der Waals surface area contributed by atoms with E-state index in [0.717, 1.165) is 18.5 Å². The molecule has 124 valence electrons. The van der Waals surface area contributed by atoms with Crippen LogP contribution >= 0.6 is 0 Å². The van der Waals surface area contributed by atoms with Crippen LogP contribution in [0.4, 0.5) is 0 Å². The lowest BCUT2D eigenvalue weighted by Gasteiger charge is -2.49. The van der Waals surface area contributed by atoms with Crippen molar-refractivity contribution in [2.45, 2.75) is 97.7 Å². The largest absolute Gasteiger partial charge is 0.313 e. The van der Waals surface area contributed by atoms with Crippen molar-refractivity contribution in [1.82, 2.24) is 10.2 Å². The average Bonchev–Trinajstić information content (AvgIpc) is 2.79. The van der Waals surface area contributed by atoms with E-state index >= 15 is 0 Å². The number of nitrogens with zero attached hydrogens (tertiary/aromatic N) is 1. The van der Waals surface area contributed by atoms with Crippen LogP contribution in [0.1, 0.15) is 80.1 Å². The van der Waals surface area contributed by atoms with E-state index in [0.29, 0.717) is 17.0 Å². The summed E-state index contributed by atoms with van der Waals surface area (Å²) in [4.78, 5) is 2.85. The predicted octanol–water partition coefficient (Wildman–Crippen LogP) is 4.44. The lowest BCUT2D eigenvalue weighted by molar-refractivity contribution is 0.0195. The molecule has 1 aliphatic heterocycles. The summed E-state index contributed by atoms with van der Waals surface area (Å²) >= 11 is 0. The first-order valence-corrected chi connectivity index (χ1v) is 9.32. The molecule has 1 N–H and O–H groups in total. The smallest absolute Gasteiger partial charge is 0.0257 e. The summed E-state index contributed by atoms with van der Waals surface area (Å²) in [5.74, 6) is 0.888. The third-order valence-electron chi connectivity index (χ3n) is 6.66. The van der Waals surface area contributed by atoms with E-state index in [1.165, 1.54) is 45.1 Å². The van der Waals surface area contributed by atoms with Gasteiger partial charge in [0, 0.05) is 17.6 Å². The van der Waals surface area contributed by atoms with Crippen LogP contribution in [0.25, 0.3) is 0 Å². The van der Waals surface area contributed by atoms with Crippen molar-refractivity contribution in [3.8, 4) is 0 Å². The molecule has 2 nitrogen and oxygen atoms in total. The molecule has 3 atom stereocenters. The first kappa shape index (κ1) is 17.3. The Morgan fingerprint density at radius 2 is 1.90 bits per heavy atom. The third kappa shape index (κ3) is 3.64. The molecule has 0 amide bonds. The molecule has 1 saturated heterocycles. The molecule has 0 aromatic carbocycles. The van der Waals surface area contributed by atoms with Crippen LogP contribution in [0.15, 0.2) is 0 Å². The van der Waals surface area contributed by atoms with Crippen LogP contribution in [0, 0.1) is 11.3 Å². The predicted molar refractivity (Wildman–Crippen MR) is 92.7 cm³/mol. The Bertz CT molecular complexity index is 334. The van der Waals surface area contributed by atoms with E-state index < -0.39 is 0 Å². The van der Waals surface area contributed by atoms with E-state index in [4.69, 9.17) is 0 Å². The number of rotatable bonds is 5. The van der Waals surface area contributed by atoms with Gasteiger partial charge in [0.1, 0.15) is 0 Å². The molecule has 0 bridgehead atoms. The summed E-state index contributed by atoms with van der Waals surface area (Å²) in [6, 6.07) is 1.45. The fourth-order valence-corrected chi connectivity index (χ4v) is 4.73. The molecular weight excluding hydrogens is 256 g/mol. The van der Waals surface area contributed by atoms with Crippen LogP contribution in [-0.4, -0.2) is 35.6 Å². The number of nitrogens with one attached hydrogen (secondary N) is 1. The van der Waals surface area contributed by atoms with Gasteiger partial charge in [-0.05, 0) is 70.4 Å². The minimum atomic E-state index is 0.399. The lowest BCUT2D eigenvalue weighted by atomic mass is 9.67. The van der Waals surface area contributed by atoms with E-state index in [2.05, 4.69) is 51.8 Å². The molecule has 2 heteroatoms. The number of hydrogen-bond donors (Lipinski definition) is 1. The number of hydrogen-bond acceptors (Lipinski definition) is 2. The minimum Gasteiger partial charge on any atom is -0.313 e. The molecule has 0 aromatic heterocycles.